The molecule has 662 valence electrons. The molecule has 5 saturated carbocycles. The van der Waals surface area contributed by atoms with E-state index < -0.39 is 0 Å². The molecule has 0 aliphatic heterocycles. The number of aryl methyl sites for hydroxylation is 1. The number of fused-ring (bicyclic) bond motifs is 5. The number of hydrogen-bond donors (Lipinski definition) is 5. The molecule has 5 aliphatic carbocycles. The highest BCUT2D eigenvalue weighted by molar-refractivity contribution is 6.35. The second-order valence-electron chi connectivity index (χ2n) is 37.4. The molecule has 0 spiro atoms. The van der Waals surface area contributed by atoms with Crippen molar-refractivity contribution in [3.05, 3.63) is 387 Å². The van der Waals surface area contributed by atoms with Gasteiger partial charge >= 0.3 is 0 Å². The molecular formula is C117H118ClF2N5O5. The molecule has 0 heterocycles. The number of carbonyl (C=O) groups excluding carboxylic acids is 5. The molecule has 10 nitrogen and oxygen atoms in total. The summed E-state index contributed by atoms with van der Waals surface area (Å²) in [5.74, 6) is 3.53. The van der Waals surface area contributed by atoms with E-state index in [4.69, 9.17) is 11.6 Å². The van der Waals surface area contributed by atoms with Crippen molar-refractivity contribution in [2.75, 3.05) is 26.6 Å². The minimum Gasteiger partial charge on any atom is -0.326 e. The zero-order valence-corrected chi connectivity index (χ0v) is 76.1. The van der Waals surface area contributed by atoms with Crippen molar-refractivity contribution < 1.29 is 32.8 Å². The van der Waals surface area contributed by atoms with Crippen LogP contribution in [0.25, 0.3) is 53.9 Å². The van der Waals surface area contributed by atoms with Gasteiger partial charge in [-0.1, -0.05) is 343 Å². The third-order valence-corrected chi connectivity index (χ3v) is 26.7. The Bertz CT molecular complexity index is 6500. The molecule has 0 bridgehead atoms. The minimum absolute atomic E-state index is 0. The third-order valence-electron chi connectivity index (χ3n) is 26.4. The van der Waals surface area contributed by atoms with Crippen molar-refractivity contribution in [2.45, 2.75) is 175 Å². The van der Waals surface area contributed by atoms with Crippen molar-refractivity contribution in [3.63, 3.8) is 0 Å². The predicted molar refractivity (Wildman–Crippen MR) is 536 cm³/mol. The molecular weight excluding hydrogens is 1630 g/mol. The van der Waals surface area contributed by atoms with Gasteiger partial charge in [0.1, 0.15) is 0 Å². The Morgan fingerprint density at radius 3 is 0.954 bits per heavy atom. The van der Waals surface area contributed by atoms with Crippen LogP contribution in [-0.2, 0) is 24.0 Å². The Morgan fingerprint density at radius 1 is 0.269 bits per heavy atom. The highest BCUT2D eigenvalue weighted by Crippen LogP contribution is 2.53. The summed E-state index contributed by atoms with van der Waals surface area (Å²) in [6.07, 6.45) is 4.45. The van der Waals surface area contributed by atoms with Gasteiger partial charge < -0.3 is 26.6 Å². The maximum Gasteiger partial charge on any atom is 0.228 e. The fraction of sp³-hybridized carbons (Fsp3) is 0.274. The average molecular weight is 1750 g/mol. The fourth-order valence-corrected chi connectivity index (χ4v) is 18.1. The summed E-state index contributed by atoms with van der Waals surface area (Å²) in [6.45, 7) is 24.0. The number of carbonyl (C=O) groups is 5. The van der Waals surface area contributed by atoms with Gasteiger partial charge in [0.2, 0.25) is 29.5 Å². The van der Waals surface area contributed by atoms with Crippen LogP contribution >= 0.6 is 11.6 Å². The van der Waals surface area contributed by atoms with E-state index >= 15 is 0 Å². The molecule has 10 atom stereocenters. The standard InChI is InChI=1S/C24H25NO.C23H22ClNO.2C23H22FNO.C23H23NO.CH4/c1-15(2)18-8-5-9-19(12-18)22-14-23(22)24(26)25-20-11-10-17-7-4-6-16(3)21(17)13-20;1-14(2)16-6-3-7-17(11-16)19-13-21(19)23(26)25-18-10-9-15-5-4-8-22(24)20(15)12-18;1-14(2)16-7-5-8-17(12-16)19-13-20(19)23(26)25-21-11-10-15-6-3-4-9-18(15)22(21)24;1-14(2)15-7-9-17(10-8-15)19-13-20(19)23(26)25-21-12-11-16-5-3-4-6-18(16)22(21)24;1-15(2)17-8-5-9-19(12-17)21-14-22(21)23(25)24-20-11-10-16-6-3-4-7-18(16)13-20;/h4-13,15,22-23H,14H2,1-3H3,(H,25,26);3-12,14,19,21H,13H2,1-2H3,(H,25,26);2*3-12,14,19-20H,13H2,1-2H3,(H,25,26);3-13,15,21-22H,14H2,1-2H3,(H,24,25);1H4. The van der Waals surface area contributed by atoms with E-state index in [-0.39, 0.29) is 101 Å². The Morgan fingerprint density at radius 2 is 0.562 bits per heavy atom. The van der Waals surface area contributed by atoms with Gasteiger partial charge in [0.25, 0.3) is 0 Å². The fourth-order valence-electron chi connectivity index (χ4n) is 17.9. The summed E-state index contributed by atoms with van der Waals surface area (Å²) in [6, 6.07) is 103. The van der Waals surface area contributed by atoms with Gasteiger partial charge in [-0.3, -0.25) is 24.0 Å². The summed E-state index contributed by atoms with van der Waals surface area (Å²) in [5, 5.41) is 25.0. The van der Waals surface area contributed by atoms with Crippen LogP contribution in [0.2, 0.25) is 5.02 Å². The monoisotopic (exact) mass is 1750 g/mol. The first-order valence-corrected chi connectivity index (χ1v) is 46.2. The van der Waals surface area contributed by atoms with Gasteiger partial charge in [-0.15, -0.1) is 0 Å². The van der Waals surface area contributed by atoms with E-state index in [1.54, 1.807) is 36.4 Å². The first kappa shape index (κ1) is 91.8. The molecule has 130 heavy (non-hydrogen) atoms. The number of halogens is 3. The second-order valence-corrected chi connectivity index (χ2v) is 37.8. The number of hydrogen-bond acceptors (Lipinski definition) is 5. The Balaban J connectivity index is 0.000000124. The van der Waals surface area contributed by atoms with Crippen LogP contribution in [0.15, 0.2) is 309 Å². The second kappa shape index (κ2) is 40.4. The highest BCUT2D eigenvalue weighted by Gasteiger charge is 2.48. The Labute approximate surface area is 769 Å². The summed E-state index contributed by atoms with van der Waals surface area (Å²) in [4.78, 5) is 63.1. The van der Waals surface area contributed by atoms with Crippen molar-refractivity contribution >= 4 is 123 Å². The van der Waals surface area contributed by atoms with Gasteiger partial charge in [-0.25, -0.2) is 8.78 Å². The largest absolute Gasteiger partial charge is 0.326 e. The van der Waals surface area contributed by atoms with E-state index in [1.807, 2.05) is 103 Å². The van der Waals surface area contributed by atoms with Crippen LogP contribution in [0.5, 0.6) is 0 Å². The third kappa shape index (κ3) is 22.0. The molecule has 13 heteroatoms. The molecule has 10 unspecified atom stereocenters. The maximum absolute atomic E-state index is 14.7. The highest BCUT2D eigenvalue weighted by atomic mass is 35.5. The molecule has 0 aromatic heterocycles. The van der Waals surface area contributed by atoms with Crippen molar-refractivity contribution in [3.8, 4) is 0 Å². The number of anilines is 5. The van der Waals surface area contributed by atoms with Gasteiger partial charge in [0, 0.05) is 67.8 Å². The van der Waals surface area contributed by atoms with Crippen LogP contribution in [0.4, 0.5) is 37.2 Å². The summed E-state index contributed by atoms with van der Waals surface area (Å²) < 4.78 is 29.3. The zero-order chi connectivity index (χ0) is 90.4. The van der Waals surface area contributed by atoms with Gasteiger partial charge in [0.15, 0.2) is 11.6 Å². The Hall–Kier alpha value is -12.9. The lowest BCUT2D eigenvalue weighted by molar-refractivity contribution is -0.118. The van der Waals surface area contributed by atoms with Gasteiger partial charge in [0.05, 0.1) is 11.4 Å². The predicted octanol–water partition coefficient (Wildman–Crippen LogP) is 30.4. The summed E-state index contributed by atoms with van der Waals surface area (Å²) in [5.41, 5.74) is 17.2. The van der Waals surface area contributed by atoms with Crippen LogP contribution < -0.4 is 26.6 Å². The molecule has 5 aliphatic rings. The van der Waals surface area contributed by atoms with E-state index in [0.717, 1.165) is 76.1 Å². The smallest absolute Gasteiger partial charge is 0.228 e. The molecule has 5 fully saturated rings. The topological polar surface area (TPSA) is 146 Å². The Kier molecular flexibility index (Phi) is 28.5. The normalized spacial score (nSPS) is 18.8. The van der Waals surface area contributed by atoms with Crippen LogP contribution in [0.1, 0.15) is 229 Å². The average Bonchev–Trinajstić information content (AvgIpc) is 1.63. The van der Waals surface area contributed by atoms with E-state index in [0.29, 0.717) is 63.1 Å². The SMILES string of the molecule is C.CC(C)c1ccc(C2CC2C(=O)Nc2ccc3ccccc3c2F)cc1.CC(C)c1cccc(C2CC2C(=O)Nc2ccc3cccc(Cl)c3c2)c1.CC(C)c1cccc(C2CC2C(=O)Nc2ccc3ccccc3c2)c1.CC(C)c1cccc(C2CC2C(=O)Nc2ccc3ccccc3c2F)c1.Cc1cccc2ccc(NC(=O)C3CC3c3cccc(C(C)C)c3)cc12. The molecule has 5 N–H and O–H groups in total. The number of amides is 5. The van der Waals surface area contributed by atoms with E-state index in [1.165, 1.54) is 77.4 Å². The quantitative estimate of drug-likeness (QED) is 0.0516. The van der Waals surface area contributed by atoms with Crippen molar-refractivity contribution in [1.82, 2.24) is 0 Å². The van der Waals surface area contributed by atoms with Gasteiger partial charge in [-0.2, -0.15) is 0 Å². The first-order valence-electron chi connectivity index (χ1n) is 45.8. The lowest BCUT2D eigenvalue weighted by Crippen LogP contribution is -2.15. The lowest BCUT2D eigenvalue weighted by atomic mass is 9.98. The zero-order valence-electron chi connectivity index (χ0n) is 75.3. The molecule has 0 saturated heterocycles. The molecule has 15 aromatic rings. The molecule has 20 rings (SSSR count). The number of rotatable bonds is 20. The van der Waals surface area contributed by atoms with Crippen LogP contribution in [0, 0.1) is 48.1 Å². The molecule has 5 amide bonds. The summed E-state index contributed by atoms with van der Waals surface area (Å²) >= 11 is 6.27. The van der Waals surface area contributed by atoms with E-state index in [2.05, 4.69) is 273 Å². The van der Waals surface area contributed by atoms with Crippen LogP contribution in [0.3, 0.4) is 0 Å². The van der Waals surface area contributed by atoms with Crippen molar-refractivity contribution in [1.29, 1.82) is 0 Å². The van der Waals surface area contributed by atoms with Gasteiger partial charge in [-0.05, 0) is 252 Å². The minimum atomic E-state index is -0.366. The number of benzene rings is 15. The lowest BCUT2D eigenvalue weighted by Gasteiger charge is -2.10. The molecule has 0 radical (unpaired) electrons. The van der Waals surface area contributed by atoms with Crippen LogP contribution in [-0.4, -0.2) is 29.5 Å². The van der Waals surface area contributed by atoms with E-state index in [9.17, 15) is 32.8 Å². The van der Waals surface area contributed by atoms with Crippen molar-refractivity contribution in [2.24, 2.45) is 29.6 Å². The first-order chi connectivity index (χ1) is 62.2. The molecule has 15 aromatic carbocycles. The summed E-state index contributed by atoms with van der Waals surface area (Å²) in [7, 11) is 0. The number of nitrogens with one attached hydrogen (secondary N) is 5. The maximum atomic E-state index is 14.7.